The van der Waals surface area contributed by atoms with Crippen molar-refractivity contribution in [3.63, 3.8) is 0 Å². The van der Waals surface area contributed by atoms with Crippen LogP contribution in [0.5, 0.6) is 0 Å². The average molecular weight is 390 g/mol. The van der Waals surface area contributed by atoms with Gasteiger partial charge in [0.25, 0.3) is 14.4 Å². The zero-order valence-corrected chi connectivity index (χ0v) is 16.1. The molecule has 7 nitrogen and oxygen atoms in total. The van der Waals surface area contributed by atoms with Crippen molar-refractivity contribution >= 4 is 48.9 Å². The van der Waals surface area contributed by atoms with Crippen molar-refractivity contribution in [2.24, 2.45) is 5.41 Å². The molecule has 26 heavy (non-hydrogen) atoms. The summed E-state index contributed by atoms with van der Waals surface area (Å²) in [6, 6.07) is 12.9. The third-order valence-electron chi connectivity index (χ3n) is 3.54. The van der Waals surface area contributed by atoms with Gasteiger partial charge in [-0.3, -0.25) is 9.52 Å². The predicted octanol–water partition coefficient (Wildman–Crippen LogP) is 3.48. The van der Waals surface area contributed by atoms with E-state index in [-0.39, 0.29) is 15.4 Å². The van der Waals surface area contributed by atoms with Crippen molar-refractivity contribution in [2.45, 2.75) is 25.1 Å². The zero-order valence-electron chi connectivity index (χ0n) is 14.5. The number of aromatic nitrogens is 2. The van der Waals surface area contributed by atoms with Gasteiger partial charge in [-0.25, -0.2) is 0 Å². The van der Waals surface area contributed by atoms with Crippen LogP contribution in [0.3, 0.4) is 0 Å². The molecule has 2 N–H and O–H groups in total. The fourth-order valence-corrected chi connectivity index (χ4v) is 4.05. The molecule has 136 valence electrons. The van der Waals surface area contributed by atoms with Gasteiger partial charge in [0.15, 0.2) is 0 Å². The van der Waals surface area contributed by atoms with Gasteiger partial charge >= 0.3 is 0 Å². The smallest absolute Gasteiger partial charge is 0.291 e. The number of carbonyl (C=O) groups is 1. The minimum absolute atomic E-state index is 0.142. The van der Waals surface area contributed by atoms with Gasteiger partial charge in [0.1, 0.15) is 0 Å². The Balaban J connectivity index is 1.80. The predicted molar refractivity (Wildman–Crippen MR) is 103 cm³/mol. The van der Waals surface area contributed by atoms with E-state index in [9.17, 15) is 13.2 Å². The summed E-state index contributed by atoms with van der Waals surface area (Å²) in [6.45, 7) is 5.26. The van der Waals surface area contributed by atoms with E-state index in [1.54, 1.807) is 32.9 Å². The van der Waals surface area contributed by atoms with Crippen LogP contribution in [-0.4, -0.2) is 24.5 Å². The number of fused-ring (bicyclic) bond motifs is 1. The molecule has 0 saturated carbocycles. The summed E-state index contributed by atoms with van der Waals surface area (Å²) < 4.78 is 27.3. The maximum atomic E-state index is 12.5. The van der Waals surface area contributed by atoms with Crippen LogP contribution < -0.4 is 10.0 Å². The molecule has 0 atom stereocenters. The van der Waals surface area contributed by atoms with Gasteiger partial charge in [-0.1, -0.05) is 62.4 Å². The molecule has 3 aromatic rings. The van der Waals surface area contributed by atoms with E-state index in [0.717, 1.165) is 22.1 Å². The first-order valence-electron chi connectivity index (χ1n) is 7.82. The molecule has 0 aliphatic rings. The summed E-state index contributed by atoms with van der Waals surface area (Å²) >= 11 is 0.803. The van der Waals surface area contributed by atoms with Crippen LogP contribution >= 0.6 is 11.3 Å². The van der Waals surface area contributed by atoms with Gasteiger partial charge in [0.05, 0.1) is 0 Å². The number of hydrogen-bond donors (Lipinski definition) is 2. The number of nitrogens with one attached hydrogen (secondary N) is 2. The standard InChI is InChI=1S/C17H18N4O3S2/c1-17(2,3)14(22)18-15-19-20-16(25-15)26(23,24)21-13-9-8-11-6-4-5-7-12(11)10-13/h4-10,21H,1-3H3,(H,18,19,22). The Morgan fingerprint density at radius 3 is 2.42 bits per heavy atom. The van der Waals surface area contributed by atoms with E-state index < -0.39 is 15.4 Å². The maximum absolute atomic E-state index is 12.5. The third-order valence-corrected chi connectivity index (χ3v) is 6.13. The summed E-state index contributed by atoms with van der Waals surface area (Å²) in [7, 11) is -3.89. The lowest BCUT2D eigenvalue weighted by Crippen LogP contribution is -2.27. The SMILES string of the molecule is CC(C)(C)C(=O)Nc1nnc(S(=O)(=O)Nc2ccc3ccccc3c2)s1. The molecule has 0 unspecified atom stereocenters. The molecule has 0 fully saturated rings. The van der Waals surface area contributed by atoms with Crippen molar-refractivity contribution in [1.29, 1.82) is 0 Å². The van der Waals surface area contributed by atoms with Crippen molar-refractivity contribution < 1.29 is 13.2 Å². The molecule has 0 aliphatic carbocycles. The van der Waals surface area contributed by atoms with Crippen molar-refractivity contribution in [2.75, 3.05) is 10.0 Å². The number of sulfonamides is 1. The molecule has 0 aliphatic heterocycles. The first-order valence-corrected chi connectivity index (χ1v) is 10.1. The molecule has 9 heteroatoms. The number of nitrogens with zero attached hydrogens (tertiary/aromatic N) is 2. The highest BCUT2D eigenvalue weighted by atomic mass is 32.2. The van der Waals surface area contributed by atoms with Crippen molar-refractivity contribution in [3.8, 4) is 0 Å². The second-order valence-corrected chi connectivity index (χ2v) is 9.58. The molecule has 1 heterocycles. The molecule has 3 rings (SSSR count). The largest absolute Gasteiger partial charge is 0.300 e. The Kier molecular flexibility index (Phi) is 4.68. The molecule has 1 amide bonds. The molecule has 0 bridgehead atoms. The van der Waals surface area contributed by atoms with Gasteiger partial charge in [-0.15, -0.1) is 10.2 Å². The van der Waals surface area contributed by atoms with Crippen LogP contribution in [-0.2, 0) is 14.8 Å². The van der Waals surface area contributed by atoms with E-state index in [0.29, 0.717) is 5.69 Å². The first kappa shape index (κ1) is 18.3. The number of anilines is 2. The quantitative estimate of drug-likeness (QED) is 0.664. The van der Waals surface area contributed by atoms with Gasteiger partial charge in [-0.2, -0.15) is 8.42 Å². The molecular formula is C17H18N4O3S2. The molecular weight excluding hydrogens is 372 g/mol. The highest BCUT2D eigenvalue weighted by Crippen LogP contribution is 2.26. The van der Waals surface area contributed by atoms with Crippen LogP contribution in [0.4, 0.5) is 10.8 Å². The highest BCUT2D eigenvalue weighted by molar-refractivity contribution is 7.94. The Morgan fingerprint density at radius 1 is 1.04 bits per heavy atom. The van der Waals surface area contributed by atoms with Gasteiger partial charge in [-0.05, 0) is 22.9 Å². The molecule has 1 aromatic heterocycles. The Bertz CT molecular complexity index is 1070. The summed E-state index contributed by atoms with van der Waals surface area (Å²) in [6.07, 6.45) is 0. The maximum Gasteiger partial charge on any atom is 0.291 e. The normalized spacial score (nSPS) is 12.1. The lowest BCUT2D eigenvalue weighted by Gasteiger charge is -2.15. The van der Waals surface area contributed by atoms with Crippen LogP contribution in [0.15, 0.2) is 46.8 Å². The summed E-state index contributed by atoms with van der Waals surface area (Å²) in [5.41, 5.74) is -0.187. The number of rotatable bonds is 4. The lowest BCUT2D eigenvalue weighted by atomic mass is 9.96. The molecule has 0 spiro atoms. The second-order valence-electron chi connectivity index (χ2n) is 6.74. The second kappa shape index (κ2) is 6.65. The van der Waals surface area contributed by atoms with E-state index in [1.165, 1.54) is 0 Å². The van der Waals surface area contributed by atoms with E-state index in [1.807, 2.05) is 30.3 Å². The molecule has 0 radical (unpaired) electrons. The van der Waals surface area contributed by atoms with Crippen LogP contribution in [0.25, 0.3) is 10.8 Å². The van der Waals surface area contributed by atoms with Crippen LogP contribution in [0.1, 0.15) is 20.8 Å². The van der Waals surface area contributed by atoms with Gasteiger partial charge in [0, 0.05) is 11.1 Å². The van der Waals surface area contributed by atoms with Gasteiger partial charge < -0.3 is 5.32 Å². The van der Waals surface area contributed by atoms with Crippen molar-refractivity contribution in [3.05, 3.63) is 42.5 Å². The van der Waals surface area contributed by atoms with Crippen molar-refractivity contribution in [1.82, 2.24) is 10.2 Å². The number of hydrogen-bond acceptors (Lipinski definition) is 6. The molecule has 2 aromatic carbocycles. The average Bonchev–Trinajstić information content (AvgIpc) is 3.03. The summed E-state index contributed by atoms with van der Waals surface area (Å²) in [4.78, 5) is 12.0. The minimum atomic E-state index is -3.89. The fraction of sp³-hybridized carbons (Fsp3) is 0.235. The summed E-state index contributed by atoms with van der Waals surface area (Å²) in [5.74, 6) is -0.264. The Morgan fingerprint density at radius 2 is 1.73 bits per heavy atom. The highest BCUT2D eigenvalue weighted by Gasteiger charge is 2.25. The monoisotopic (exact) mass is 390 g/mol. The topological polar surface area (TPSA) is 101 Å². The lowest BCUT2D eigenvalue weighted by molar-refractivity contribution is -0.123. The third kappa shape index (κ3) is 4.00. The van der Waals surface area contributed by atoms with Crippen LogP contribution in [0.2, 0.25) is 0 Å². The van der Waals surface area contributed by atoms with Gasteiger partial charge in [0.2, 0.25) is 11.0 Å². The first-order chi connectivity index (χ1) is 12.1. The number of amides is 1. The van der Waals surface area contributed by atoms with E-state index >= 15 is 0 Å². The zero-order chi connectivity index (χ0) is 18.9. The summed E-state index contributed by atoms with van der Waals surface area (Å²) in [5, 5.41) is 12.1. The van der Waals surface area contributed by atoms with E-state index in [2.05, 4.69) is 20.2 Å². The van der Waals surface area contributed by atoms with E-state index in [4.69, 9.17) is 0 Å². The Hall–Kier alpha value is -2.52. The van der Waals surface area contributed by atoms with Crippen LogP contribution in [0, 0.1) is 5.41 Å². The Labute approximate surface area is 155 Å². The fourth-order valence-electron chi connectivity index (χ4n) is 2.11. The number of carbonyl (C=O) groups excluding carboxylic acids is 1. The minimum Gasteiger partial charge on any atom is -0.300 e. The molecule has 0 saturated heterocycles. The number of benzene rings is 2.